The lowest BCUT2D eigenvalue weighted by Gasteiger charge is -2.29. The number of fused-ring (bicyclic) bond motifs is 3. The Morgan fingerprint density at radius 1 is 1.36 bits per heavy atom. The van der Waals surface area contributed by atoms with Gasteiger partial charge >= 0.3 is 0 Å². The summed E-state index contributed by atoms with van der Waals surface area (Å²) in [6, 6.07) is 0. The van der Waals surface area contributed by atoms with Gasteiger partial charge in [0.2, 0.25) is 5.91 Å². The van der Waals surface area contributed by atoms with Crippen LogP contribution in [0.1, 0.15) is 24.3 Å². The van der Waals surface area contributed by atoms with Gasteiger partial charge in [0.25, 0.3) is 5.56 Å². The molecule has 7 nitrogen and oxygen atoms in total. The number of carbonyl (C=O) groups excluding carboxylic acids is 1. The summed E-state index contributed by atoms with van der Waals surface area (Å²) >= 11 is 1.48. The molecule has 2 aromatic rings. The molecular formula is C17H21N3O4S. The van der Waals surface area contributed by atoms with E-state index in [0.717, 1.165) is 22.4 Å². The van der Waals surface area contributed by atoms with Gasteiger partial charge < -0.3 is 14.4 Å². The van der Waals surface area contributed by atoms with E-state index in [-0.39, 0.29) is 23.6 Å². The average molecular weight is 363 g/mol. The molecule has 1 amide bonds. The monoisotopic (exact) mass is 363 g/mol. The fourth-order valence-corrected chi connectivity index (χ4v) is 4.68. The Kier molecular flexibility index (Phi) is 4.13. The molecule has 0 N–H and O–H groups in total. The Bertz CT molecular complexity index is 880. The smallest absolute Gasteiger partial charge is 0.271 e. The first kappa shape index (κ1) is 16.7. The van der Waals surface area contributed by atoms with Crippen molar-refractivity contribution in [1.82, 2.24) is 14.5 Å². The van der Waals surface area contributed by atoms with E-state index in [0.29, 0.717) is 37.6 Å². The summed E-state index contributed by atoms with van der Waals surface area (Å²) in [4.78, 5) is 32.6. The lowest BCUT2D eigenvalue weighted by atomic mass is 9.98. The van der Waals surface area contributed by atoms with Crippen molar-refractivity contribution in [3.63, 3.8) is 0 Å². The second-order valence-corrected chi connectivity index (χ2v) is 8.18. The highest BCUT2D eigenvalue weighted by atomic mass is 32.1. The maximum Gasteiger partial charge on any atom is 0.271 e. The zero-order valence-electron chi connectivity index (χ0n) is 14.4. The predicted octanol–water partition coefficient (Wildman–Crippen LogP) is 1.17. The number of hydrogen-bond acceptors (Lipinski definition) is 6. The largest absolute Gasteiger partial charge is 0.378 e. The van der Waals surface area contributed by atoms with Gasteiger partial charge in [-0.1, -0.05) is 0 Å². The van der Waals surface area contributed by atoms with Crippen molar-refractivity contribution in [1.29, 1.82) is 0 Å². The molecule has 0 spiro atoms. The first-order valence-electron chi connectivity index (χ1n) is 8.44. The van der Waals surface area contributed by atoms with Crippen LogP contribution in [-0.2, 0) is 33.8 Å². The first-order chi connectivity index (χ1) is 11.9. The molecule has 8 heteroatoms. The average Bonchev–Trinajstić information content (AvgIpc) is 2.95. The lowest BCUT2D eigenvalue weighted by molar-refractivity contribution is -0.135. The molecule has 0 bridgehead atoms. The number of rotatable bonds is 2. The van der Waals surface area contributed by atoms with Crippen molar-refractivity contribution in [3.05, 3.63) is 27.1 Å². The van der Waals surface area contributed by atoms with E-state index >= 15 is 0 Å². The quantitative estimate of drug-likeness (QED) is 0.801. The number of ether oxygens (including phenoxy) is 2. The van der Waals surface area contributed by atoms with Gasteiger partial charge in [-0.25, -0.2) is 4.98 Å². The highest BCUT2D eigenvalue weighted by molar-refractivity contribution is 7.19. The van der Waals surface area contributed by atoms with Crippen LogP contribution in [0.3, 0.4) is 0 Å². The Labute approximate surface area is 149 Å². The molecule has 2 aromatic heterocycles. The number of hydrogen-bond donors (Lipinski definition) is 0. The summed E-state index contributed by atoms with van der Waals surface area (Å²) < 4.78 is 13.1. The summed E-state index contributed by atoms with van der Waals surface area (Å²) in [5.41, 5.74) is 1.36. The number of carbonyl (C=O) groups is 1. The lowest BCUT2D eigenvalue weighted by Crippen LogP contribution is -2.43. The first-order valence-corrected chi connectivity index (χ1v) is 9.25. The number of nitrogens with zero attached hydrogens (tertiary/aromatic N) is 3. The maximum absolute atomic E-state index is 12.8. The van der Waals surface area contributed by atoms with Gasteiger partial charge in [-0.15, -0.1) is 11.3 Å². The van der Waals surface area contributed by atoms with Gasteiger partial charge in [0.15, 0.2) is 0 Å². The minimum atomic E-state index is -0.223. The fourth-order valence-electron chi connectivity index (χ4n) is 3.26. The van der Waals surface area contributed by atoms with E-state index in [4.69, 9.17) is 9.47 Å². The van der Waals surface area contributed by atoms with Crippen LogP contribution in [0.25, 0.3) is 10.2 Å². The molecular weight excluding hydrogens is 342 g/mol. The molecule has 1 saturated heterocycles. The van der Waals surface area contributed by atoms with Crippen LogP contribution in [0.2, 0.25) is 0 Å². The van der Waals surface area contributed by atoms with Crippen LogP contribution in [0.4, 0.5) is 0 Å². The molecule has 1 fully saturated rings. The van der Waals surface area contributed by atoms with Crippen molar-refractivity contribution in [3.8, 4) is 0 Å². The minimum absolute atomic E-state index is 0.0202. The Morgan fingerprint density at radius 3 is 2.88 bits per heavy atom. The van der Waals surface area contributed by atoms with Crippen molar-refractivity contribution in [2.45, 2.75) is 39.0 Å². The number of thiophene rings is 1. The Hall–Kier alpha value is -1.77. The molecule has 0 aliphatic carbocycles. The summed E-state index contributed by atoms with van der Waals surface area (Å²) in [7, 11) is 0. The Balaban J connectivity index is 1.64. The Morgan fingerprint density at radius 2 is 2.12 bits per heavy atom. The van der Waals surface area contributed by atoms with Crippen molar-refractivity contribution in [2.24, 2.45) is 0 Å². The van der Waals surface area contributed by atoms with Gasteiger partial charge in [0.1, 0.15) is 11.2 Å². The maximum atomic E-state index is 12.8. The van der Waals surface area contributed by atoms with Gasteiger partial charge in [-0.05, 0) is 13.8 Å². The molecule has 0 saturated carbocycles. The van der Waals surface area contributed by atoms with E-state index in [9.17, 15) is 9.59 Å². The molecule has 0 radical (unpaired) electrons. The van der Waals surface area contributed by atoms with Gasteiger partial charge in [-0.2, -0.15) is 0 Å². The third-order valence-electron chi connectivity index (χ3n) is 4.71. The van der Waals surface area contributed by atoms with E-state index in [1.54, 1.807) is 4.90 Å². The molecule has 0 atom stereocenters. The SMILES string of the molecule is CC1(C)Cc2sc3c(=O)n(CC(=O)N4CCOCC4)cnc3c2CO1. The summed E-state index contributed by atoms with van der Waals surface area (Å²) in [5.74, 6) is -0.0719. The second kappa shape index (κ2) is 6.19. The highest BCUT2D eigenvalue weighted by Crippen LogP contribution is 2.36. The van der Waals surface area contributed by atoms with E-state index in [2.05, 4.69) is 4.98 Å². The van der Waals surface area contributed by atoms with E-state index in [1.165, 1.54) is 22.2 Å². The van der Waals surface area contributed by atoms with Crippen molar-refractivity contribution >= 4 is 27.5 Å². The molecule has 25 heavy (non-hydrogen) atoms. The number of aromatic nitrogens is 2. The van der Waals surface area contributed by atoms with Crippen molar-refractivity contribution in [2.75, 3.05) is 26.3 Å². The van der Waals surface area contributed by atoms with Gasteiger partial charge in [0.05, 0.1) is 37.3 Å². The van der Waals surface area contributed by atoms with Crippen LogP contribution in [0.5, 0.6) is 0 Å². The minimum Gasteiger partial charge on any atom is -0.378 e. The fraction of sp³-hybridized carbons (Fsp3) is 0.588. The van der Waals surface area contributed by atoms with Crippen LogP contribution in [0, 0.1) is 0 Å². The van der Waals surface area contributed by atoms with Crippen LogP contribution in [-0.4, -0.2) is 52.3 Å². The molecule has 2 aliphatic heterocycles. The molecule has 4 rings (SSSR count). The zero-order valence-corrected chi connectivity index (χ0v) is 15.2. The summed E-state index contributed by atoms with van der Waals surface area (Å²) in [6.07, 6.45) is 2.26. The zero-order chi connectivity index (χ0) is 17.6. The number of morpholine rings is 1. The molecule has 0 unspecified atom stereocenters. The van der Waals surface area contributed by atoms with E-state index < -0.39 is 0 Å². The van der Waals surface area contributed by atoms with Crippen LogP contribution < -0.4 is 5.56 Å². The topological polar surface area (TPSA) is 73.7 Å². The standard InChI is InChI=1S/C17H21N3O4S/c1-17(2)7-12-11(9-24-17)14-15(25-12)16(22)20(10-18-14)8-13(21)19-3-5-23-6-4-19/h10H,3-9H2,1-2H3. The van der Waals surface area contributed by atoms with Gasteiger partial charge in [0, 0.05) is 30.0 Å². The highest BCUT2D eigenvalue weighted by Gasteiger charge is 2.30. The predicted molar refractivity (Wildman–Crippen MR) is 93.9 cm³/mol. The summed E-state index contributed by atoms with van der Waals surface area (Å²) in [5, 5.41) is 0. The molecule has 134 valence electrons. The number of amides is 1. The normalized spacial score (nSPS) is 19.8. The van der Waals surface area contributed by atoms with Crippen LogP contribution >= 0.6 is 11.3 Å². The molecule has 0 aromatic carbocycles. The van der Waals surface area contributed by atoms with Crippen LogP contribution in [0.15, 0.2) is 11.1 Å². The van der Waals surface area contributed by atoms with E-state index in [1.807, 2.05) is 13.8 Å². The molecule has 2 aliphatic rings. The summed E-state index contributed by atoms with van der Waals surface area (Å²) in [6.45, 7) is 6.83. The third kappa shape index (κ3) is 3.09. The third-order valence-corrected chi connectivity index (χ3v) is 5.92. The molecule has 4 heterocycles. The second-order valence-electron chi connectivity index (χ2n) is 7.08. The van der Waals surface area contributed by atoms with Crippen molar-refractivity contribution < 1.29 is 14.3 Å². The van der Waals surface area contributed by atoms with Gasteiger partial charge in [-0.3, -0.25) is 14.2 Å².